The fourth-order valence-corrected chi connectivity index (χ4v) is 1.88. The van der Waals surface area contributed by atoms with Crippen molar-refractivity contribution < 1.29 is 28.9 Å². The summed E-state index contributed by atoms with van der Waals surface area (Å²) in [6, 6.07) is 0. The van der Waals surface area contributed by atoms with Gasteiger partial charge in [0.25, 0.3) is 0 Å². The molecule has 0 aliphatic carbocycles. The van der Waals surface area contributed by atoms with Crippen LogP contribution in [0, 0.1) is 0 Å². The van der Waals surface area contributed by atoms with E-state index in [2.05, 4.69) is 0 Å². The van der Waals surface area contributed by atoms with Crippen LogP contribution in [0.3, 0.4) is 0 Å². The molecule has 0 heterocycles. The zero-order valence-corrected chi connectivity index (χ0v) is 15.3. The van der Waals surface area contributed by atoms with E-state index in [1.165, 1.54) is 4.67 Å². The van der Waals surface area contributed by atoms with Crippen LogP contribution in [0.5, 0.6) is 0 Å². The van der Waals surface area contributed by atoms with Crippen molar-refractivity contribution in [1.29, 1.82) is 0 Å². The molecular formula is C13H31NO6P+. The predicted octanol–water partition coefficient (Wildman–Crippen LogP) is 2.72. The van der Waals surface area contributed by atoms with Crippen molar-refractivity contribution in [3.8, 4) is 0 Å². The first-order valence-corrected chi connectivity index (χ1v) is 8.47. The van der Waals surface area contributed by atoms with E-state index in [-0.39, 0.29) is 0 Å². The van der Waals surface area contributed by atoms with Crippen LogP contribution in [0.4, 0.5) is 4.79 Å². The minimum atomic E-state index is -3.69. The molecule has 0 saturated heterocycles. The molecule has 0 spiro atoms. The number of hydrogen-bond acceptors (Lipinski definition) is 7. The summed E-state index contributed by atoms with van der Waals surface area (Å²) in [5, 5.41) is 0. The Labute approximate surface area is 128 Å². The molecule has 21 heavy (non-hydrogen) atoms. The molecule has 8 heteroatoms. The Morgan fingerprint density at radius 3 is 1.29 bits per heavy atom. The fraction of sp³-hybridized carbons (Fsp3) is 0.923. The Morgan fingerprint density at radius 2 is 1.19 bits per heavy atom. The van der Waals surface area contributed by atoms with Gasteiger partial charge in [-0.05, 0) is 55.4 Å². The highest BCUT2D eigenvalue weighted by Gasteiger charge is 2.37. The van der Waals surface area contributed by atoms with Crippen LogP contribution in [-0.2, 0) is 9.47 Å². The lowest BCUT2D eigenvalue weighted by Crippen LogP contribution is -2.30. The van der Waals surface area contributed by atoms with E-state index < -0.39 is 25.5 Å². The molecule has 0 unspecified atom stereocenters. The normalized spacial score (nSPS) is 12.6. The Hall–Kier alpha value is -0.460. The Kier molecular flexibility index (Phi) is 9.62. The van der Waals surface area contributed by atoms with Crippen molar-refractivity contribution in [3.05, 3.63) is 0 Å². The number of hydrogen-bond donors (Lipinski definition) is 3. The molecule has 0 saturated carbocycles. The van der Waals surface area contributed by atoms with Gasteiger partial charge in [-0.25, -0.2) is 4.79 Å². The number of carbonyl (C=O) groups is 1. The van der Waals surface area contributed by atoms with Crippen molar-refractivity contribution >= 4 is 14.2 Å². The summed E-state index contributed by atoms with van der Waals surface area (Å²) in [6.45, 7) is 15.2. The van der Waals surface area contributed by atoms with Crippen molar-refractivity contribution in [1.82, 2.24) is 4.67 Å². The number of nitrogens with zero attached hydrogens (tertiary/aromatic N) is 1. The first-order chi connectivity index (χ1) is 9.12. The molecule has 0 aromatic carbocycles. The van der Waals surface area contributed by atoms with Crippen LogP contribution in [-0.4, -0.2) is 49.8 Å². The SMILES string of the molecule is CC(C)(C)OC(=O)OC(C)(C)C.CCN(CC)[P+](O)(O)O. The second kappa shape index (κ2) is 8.86. The second-order valence-electron chi connectivity index (χ2n) is 6.35. The lowest BCUT2D eigenvalue weighted by molar-refractivity contribution is -0.0468. The molecule has 0 radical (unpaired) electrons. The standard InChI is InChI=1S/C9H18O3.C4H13NO3P/c1-8(2,3)11-7(10)12-9(4,5)6;1-3-5(4-2)9(6,7)8/h1-6H3;6-8H,3-4H2,1-2H3/q;+1. The predicted molar refractivity (Wildman–Crippen MR) is 83.6 cm³/mol. The molecule has 0 rings (SSSR count). The summed E-state index contributed by atoms with van der Waals surface area (Å²) < 4.78 is 11.1. The molecule has 128 valence electrons. The third-order valence-electron chi connectivity index (χ3n) is 1.89. The smallest absolute Gasteiger partial charge is 0.429 e. The van der Waals surface area contributed by atoms with Crippen LogP contribution in [0.2, 0.25) is 0 Å². The molecule has 0 atom stereocenters. The lowest BCUT2D eigenvalue weighted by Gasteiger charge is -2.24. The minimum Gasteiger partial charge on any atom is -0.429 e. The summed E-state index contributed by atoms with van der Waals surface area (Å²) >= 11 is 0. The van der Waals surface area contributed by atoms with Crippen molar-refractivity contribution in [2.75, 3.05) is 13.1 Å². The summed E-state index contributed by atoms with van der Waals surface area (Å²) in [7, 11) is -3.69. The number of carbonyl (C=O) groups excluding carboxylic acids is 1. The van der Waals surface area contributed by atoms with Gasteiger partial charge in [-0.1, -0.05) is 0 Å². The third kappa shape index (κ3) is 15.7. The average molecular weight is 328 g/mol. The molecule has 0 aromatic heterocycles. The van der Waals surface area contributed by atoms with Gasteiger partial charge >= 0.3 is 14.2 Å². The zero-order chi connectivity index (χ0) is 17.5. The number of ether oxygens (including phenoxy) is 2. The topological polar surface area (TPSA) is 99.5 Å². The molecule has 0 bridgehead atoms. The third-order valence-corrected chi connectivity index (χ3v) is 3.21. The molecule has 0 aromatic rings. The van der Waals surface area contributed by atoms with Gasteiger partial charge in [-0.2, -0.15) is 14.7 Å². The van der Waals surface area contributed by atoms with Gasteiger partial charge in [0, 0.05) is 13.1 Å². The lowest BCUT2D eigenvalue weighted by atomic mass is 10.2. The van der Waals surface area contributed by atoms with Gasteiger partial charge in [0.2, 0.25) is 0 Å². The largest absolute Gasteiger partial charge is 0.509 e. The zero-order valence-electron chi connectivity index (χ0n) is 14.4. The van der Waals surface area contributed by atoms with Crippen LogP contribution in [0.15, 0.2) is 0 Å². The second-order valence-corrected chi connectivity index (χ2v) is 7.99. The highest BCUT2D eigenvalue weighted by molar-refractivity contribution is 7.56. The summed E-state index contributed by atoms with van der Waals surface area (Å²) in [4.78, 5) is 36.9. The summed E-state index contributed by atoms with van der Waals surface area (Å²) in [5.41, 5.74) is -0.968. The van der Waals surface area contributed by atoms with E-state index in [0.717, 1.165) is 0 Å². The van der Waals surface area contributed by atoms with E-state index in [1.807, 2.05) is 0 Å². The van der Waals surface area contributed by atoms with Gasteiger partial charge in [-0.15, -0.1) is 4.67 Å². The Bertz CT molecular complexity index is 281. The minimum absolute atomic E-state index is 0.452. The molecular weight excluding hydrogens is 297 g/mol. The van der Waals surface area contributed by atoms with Gasteiger partial charge in [0.1, 0.15) is 11.2 Å². The molecule has 0 fully saturated rings. The van der Waals surface area contributed by atoms with Crippen molar-refractivity contribution in [2.24, 2.45) is 0 Å². The maximum atomic E-state index is 11.0. The Balaban J connectivity index is 0. The van der Waals surface area contributed by atoms with E-state index in [1.54, 1.807) is 55.4 Å². The molecule has 0 aliphatic rings. The number of rotatable bonds is 3. The fourth-order valence-electron chi connectivity index (χ4n) is 1.12. The first-order valence-electron chi connectivity index (χ1n) is 6.87. The molecule has 3 N–H and O–H groups in total. The van der Waals surface area contributed by atoms with E-state index in [9.17, 15) is 4.79 Å². The highest BCUT2D eigenvalue weighted by atomic mass is 31.2. The summed E-state index contributed by atoms with van der Waals surface area (Å²) in [5.74, 6) is 0. The quantitative estimate of drug-likeness (QED) is 0.541. The van der Waals surface area contributed by atoms with Gasteiger partial charge in [0.05, 0.1) is 0 Å². The van der Waals surface area contributed by atoms with Crippen molar-refractivity contribution in [2.45, 2.75) is 66.6 Å². The highest BCUT2D eigenvalue weighted by Crippen LogP contribution is 2.48. The van der Waals surface area contributed by atoms with Gasteiger partial charge < -0.3 is 9.47 Å². The average Bonchev–Trinajstić information content (AvgIpc) is 2.11. The van der Waals surface area contributed by atoms with Crippen LogP contribution >= 0.6 is 8.09 Å². The van der Waals surface area contributed by atoms with E-state index >= 15 is 0 Å². The summed E-state index contributed by atoms with van der Waals surface area (Å²) in [6.07, 6.45) is -0.616. The van der Waals surface area contributed by atoms with E-state index in [4.69, 9.17) is 24.2 Å². The first kappa shape index (κ1) is 22.8. The molecule has 7 nitrogen and oxygen atoms in total. The van der Waals surface area contributed by atoms with E-state index in [0.29, 0.717) is 13.1 Å². The maximum absolute atomic E-state index is 11.0. The van der Waals surface area contributed by atoms with Crippen LogP contribution < -0.4 is 0 Å². The Morgan fingerprint density at radius 1 is 0.905 bits per heavy atom. The van der Waals surface area contributed by atoms with Gasteiger partial charge in [0.15, 0.2) is 0 Å². The van der Waals surface area contributed by atoms with Gasteiger partial charge in [-0.3, -0.25) is 0 Å². The maximum Gasteiger partial charge on any atom is 0.509 e. The van der Waals surface area contributed by atoms with Crippen LogP contribution in [0.1, 0.15) is 55.4 Å². The van der Waals surface area contributed by atoms with Crippen molar-refractivity contribution in [3.63, 3.8) is 0 Å². The molecule has 0 amide bonds. The monoisotopic (exact) mass is 328 g/mol. The van der Waals surface area contributed by atoms with Crippen LogP contribution in [0.25, 0.3) is 0 Å². The molecule has 0 aliphatic heterocycles.